The number of likely N-dealkylation sites (tertiary alicyclic amines) is 1. The van der Waals surface area contributed by atoms with Crippen molar-refractivity contribution in [3.05, 3.63) is 0 Å². The second-order valence-electron chi connectivity index (χ2n) is 4.20. The highest BCUT2D eigenvalue weighted by molar-refractivity contribution is 5.75. The van der Waals surface area contributed by atoms with E-state index in [2.05, 4.69) is 11.8 Å². The van der Waals surface area contributed by atoms with Gasteiger partial charge in [0.15, 0.2) is 0 Å². The zero-order valence-corrected chi connectivity index (χ0v) is 9.74. The number of carbonyl (C=O) groups is 1. The summed E-state index contributed by atoms with van der Waals surface area (Å²) in [7, 11) is 0. The van der Waals surface area contributed by atoms with Gasteiger partial charge in [0.25, 0.3) is 0 Å². The van der Waals surface area contributed by atoms with Crippen molar-refractivity contribution < 1.29 is 9.53 Å². The molecule has 1 saturated heterocycles. The molecule has 0 bridgehead atoms. The number of esters is 1. The zero-order chi connectivity index (χ0) is 11.3. The molecule has 1 heterocycles. The van der Waals surface area contributed by atoms with Crippen molar-refractivity contribution in [3.63, 3.8) is 0 Å². The van der Waals surface area contributed by atoms with Gasteiger partial charge in [-0.3, -0.25) is 9.69 Å². The molecule has 15 heavy (non-hydrogen) atoms. The molecule has 2 N–H and O–H groups in total. The fraction of sp³-hybridized carbons (Fsp3) is 0.909. The smallest absolute Gasteiger partial charge is 0.324 e. The largest absolute Gasteiger partial charge is 0.465 e. The van der Waals surface area contributed by atoms with Gasteiger partial charge in [-0.25, -0.2) is 0 Å². The molecule has 88 valence electrons. The Bertz CT molecular complexity index is 209. The van der Waals surface area contributed by atoms with Crippen LogP contribution < -0.4 is 5.73 Å². The molecule has 4 nitrogen and oxygen atoms in total. The SMILES string of the molecule is CCOC(=O)C(N)CN1CCCCC1C. The summed E-state index contributed by atoms with van der Waals surface area (Å²) in [5, 5.41) is 0. The summed E-state index contributed by atoms with van der Waals surface area (Å²) < 4.78 is 4.89. The van der Waals surface area contributed by atoms with Crippen LogP contribution in [0.15, 0.2) is 0 Å². The van der Waals surface area contributed by atoms with Crippen LogP contribution in [0.3, 0.4) is 0 Å². The number of nitrogens with zero attached hydrogens (tertiary/aromatic N) is 1. The van der Waals surface area contributed by atoms with Gasteiger partial charge in [-0.1, -0.05) is 6.42 Å². The molecule has 0 radical (unpaired) electrons. The highest BCUT2D eigenvalue weighted by atomic mass is 16.5. The molecule has 2 atom stereocenters. The van der Waals surface area contributed by atoms with E-state index >= 15 is 0 Å². The van der Waals surface area contributed by atoms with Crippen molar-refractivity contribution in [1.29, 1.82) is 0 Å². The molecule has 0 saturated carbocycles. The number of piperidine rings is 1. The van der Waals surface area contributed by atoms with E-state index in [1.807, 2.05) is 0 Å². The van der Waals surface area contributed by atoms with E-state index in [0.29, 0.717) is 19.2 Å². The maximum Gasteiger partial charge on any atom is 0.324 e. The second-order valence-corrected chi connectivity index (χ2v) is 4.20. The quantitative estimate of drug-likeness (QED) is 0.702. The average molecular weight is 214 g/mol. The van der Waals surface area contributed by atoms with Crippen LogP contribution in [0, 0.1) is 0 Å². The Morgan fingerprint density at radius 3 is 2.93 bits per heavy atom. The molecule has 1 fully saturated rings. The van der Waals surface area contributed by atoms with Crippen LogP contribution in [0.2, 0.25) is 0 Å². The standard InChI is InChI=1S/C11H22N2O2/c1-3-15-11(14)10(12)8-13-7-5-4-6-9(13)2/h9-10H,3-8,12H2,1-2H3. The Balaban J connectivity index is 2.35. The molecular weight excluding hydrogens is 192 g/mol. The van der Waals surface area contributed by atoms with Crippen LogP contribution in [-0.4, -0.2) is 42.6 Å². The summed E-state index contributed by atoms with van der Waals surface area (Å²) in [6, 6.07) is 0.0460. The van der Waals surface area contributed by atoms with Crippen molar-refractivity contribution in [1.82, 2.24) is 4.90 Å². The van der Waals surface area contributed by atoms with Gasteiger partial charge in [0.2, 0.25) is 0 Å². The third-order valence-electron chi connectivity index (χ3n) is 2.96. The Hall–Kier alpha value is -0.610. The van der Waals surface area contributed by atoms with Gasteiger partial charge in [0, 0.05) is 12.6 Å². The first-order chi connectivity index (χ1) is 7.15. The Morgan fingerprint density at radius 1 is 1.60 bits per heavy atom. The number of hydrogen-bond donors (Lipinski definition) is 1. The first kappa shape index (κ1) is 12.5. The Morgan fingerprint density at radius 2 is 2.33 bits per heavy atom. The van der Waals surface area contributed by atoms with Gasteiger partial charge in [0.1, 0.15) is 6.04 Å². The lowest BCUT2D eigenvalue weighted by Crippen LogP contribution is -2.48. The normalized spacial score (nSPS) is 24.9. The van der Waals surface area contributed by atoms with Crippen molar-refractivity contribution in [2.45, 2.75) is 45.2 Å². The molecule has 2 unspecified atom stereocenters. The van der Waals surface area contributed by atoms with Gasteiger partial charge < -0.3 is 10.5 Å². The third-order valence-corrected chi connectivity index (χ3v) is 2.96. The number of ether oxygens (including phenoxy) is 1. The van der Waals surface area contributed by atoms with Crippen molar-refractivity contribution >= 4 is 5.97 Å². The van der Waals surface area contributed by atoms with Crippen LogP contribution in [0.4, 0.5) is 0 Å². The monoisotopic (exact) mass is 214 g/mol. The minimum atomic E-state index is -0.495. The molecule has 1 aliphatic rings. The highest BCUT2D eigenvalue weighted by Crippen LogP contribution is 2.16. The molecule has 0 spiro atoms. The molecular formula is C11H22N2O2. The lowest BCUT2D eigenvalue weighted by Gasteiger charge is -2.34. The summed E-state index contributed by atoms with van der Waals surface area (Å²) in [6.45, 7) is 6.07. The van der Waals surface area contributed by atoms with Crippen molar-refractivity contribution in [3.8, 4) is 0 Å². The van der Waals surface area contributed by atoms with Crippen LogP contribution in [0.5, 0.6) is 0 Å². The highest BCUT2D eigenvalue weighted by Gasteiger charge is 2.23. The number of rotatable bonds is 4. The summed E-state index contributed by atoms with van der Waals surface area (Å²) in [5.41, 5.74) is 5.78. The minimum Gasteiger partial charge on any atom is -0.465 e. The molecule has 1 aliphatic heterocycles. The summed E-state index contributed by atoms with van der Waals surface area (Å²) in [4.78, 5) is 13.6. The third kappa shape index (κ3) is 3.80. The molecule has 0 aromatic heterocycles. The molecule has 0 aromatic carbocycles. The van der Waals surface area contributed by atoms with Crippen LogP contribution in [0.25, 0.3) is 0 Å². The van der Waals surface area contributed by atoms with Crippen LogP contribution in [0.1, 0.15) is 33.1 Å². The average Bonchev–Trinajstić information content (AvgIpc) is 2.21. The minimum absolute atomic E-state index is 0.282. The van der Waals surface area contributed by atoms with E-state index in [4.69, 9.17) is 10.5 Å². The van der Waals surface area contributed by atoms with E-state index in [1.54, 1.807) is 6.92 Å². The Labute approximate surface area is 91.8 Å². The predicted octanol–water partition coefficient (Wildman–Crippen LogP) is 0.751. The molecule has 4 heteroatoms. The topological polar surface area (TPSA) is 55.6 Å². The first-order valence-electron chi connectivity index (χ1n) is 5.81. The fourth-order valence-corrected chi connectivity index (χ4v) is 2.01. The fourth-order valence-electron chi connectivity index (χ4n) is 2.01. The lowest BCUT2D eigenvalue weighted by molar-refractivity contribution is -0.145. The zero-order valence-electron chi connectivity index (χ0n) is 9.74. The van der Waals surface area contributed by atoms with E-state index < -0.39 is 6.04 Å². The summed E-state index contributed by atoms with van der Waals surface area (Å²) >= 11 is 0. The van der Waals surface area contributed by atoms with Gasteiger partial charge in [-0.05, 0) is 33.2 Å². The maximum absolute atomic E-state index is 11.3. The summed E-state index contributed by atoms with van der Waals surface area (Å²) in [5.74, 6) is -0.282. The van der Waals surface area contributed by atoms with E-state index in [9.17, 15) is 4.79 Å². The van der Waals surface area contributed by atoms with Crippen LogP contribution >= 0.6 is 0 Å². The number of nitrogens with two attached hydrogens (primary N) is 1. The lowest BCUT2D eigenvalue weighted by atomic mass is 10.0. The summed E-state index contributed by atoms with van der Waals surface area (Å²) in [6.07, 6.45) is 3.70. The first-order valence-corrected chi connectivity index (χ1v) is 5.81. The Kier molecular flexibility index (Phi) is 5.05. The van der Waals surface area contributed by atoms with Crippen molar-refractivity contribution in [2.24, 2.45) is 5.73 Å². The second kappa shape index (κ2) is 6.08. The van der Waals surface area contributed by atoms with E-state index in [-0.39, 0.29) is 5.97 Å². The van der Waals surface area contributed by atoms with E-state index in [0.717, 1.165) is 6.54 Å². The van der Waals surface area contributed by atoms with E-state index in [1.165, 1.54) is 19.3 Å². The van der Waals surface area contributed by atoms with Gasteiger partial charge in [0.05, 0.1) is 6.61 Å². The molecule has 1 rings (SSSR count). The number of hydrogen-bond acceptors (Lipinski definition) is 4. The van der Waals surface area contributed by atoms with Gasteiger partial charge in [-0.15, -0.1) is 0 Å². The van der Waals surface area contributed by atoms with Gasteiger partial charge in [-0.2, -0.15) is 0 Å². The molecule has 0 aliphatic carbocycles. The molecule has 0 aromatic rings. The number of carbonyl (C=O) groups excluding carboxylic acids is 1. The maximum atomic E-state index is 11.3. The predicted molar refractivity (Wildman–Crippen MR) is 59.5 cm³/mol. The van der Waals surface area contributed by atoms with Crippen LogP contribution in [-0.2, 0) is 9.53 Å². The van der Waals surface area contributed by atoms with Crippen molar-refractivity contribution in [2.75, 3.05) is 19.7 Å². The molecule has 0 amide bonds. The van der Waals surface area contributed by atoms with Gasteiger partial charge >= 0.3 is 5.97 Å².